The second-order valence-corrected chi connectivity index (χ2v) is 7.21. The molecule has 0 aliphatic carbocycles. The van der Waals surface area contributed by atoms with Crippen molar-refractivity contribution in [3.8, 4) is 0 Å². The van der Waals surface area contributed by atoms with E-state index in [4.69, 9.17) is 12.2 Å². The van der Waals surface area contributed by atoms with Crippen molar-refractivity contribution in [1.29, 1.82) is 0 Å². The molecule has 0 radical (unpaired) electrons. The lowest BCUT2D eigenvalue weighted by atomic mass is 10.3. The van der Waals surface area contributed by atoms with Gasteiger partial charge in [0.15, 0.2) is 0 Å². The third-order valence-electron chi connectivity index (χ3n) is 2.69. The van der Waals surface area contributed by atoms with Gasteiger partial charge in [-0.15, -0.1) is 10.2 Å². The average molecular weight is 330 g/mol. The van der Waals surface area contributed by atoms with Crippen LogP contribution in [0, 0.1) is 0 Å². The minimum atomic E-state index is -0.191. The zero-order valence-electron chi connectivity index (χ0n) is 11.1. The van der Waals surface area contributed by atoms with Crippen LogP contribution in [0.15, 0.2) is 0 Å². The second kappa shape index (κ2) is 6.59. The van der Waals surface area contributed by atoms with Gasteiger partial charge in [-0.3, -0.25) is 14.5 Å². The highest BCUT2D eigenvalue weighted by molar-refractivity contribution is 8.24. The standard InChI is InChI=1S/C11H14N4O2S3/c1-3-8-13-14-10(20-8)12-7(16)4-5-15-9(17)6(2)19-11(15)18/h6H,3-5H2,1-2H3,(H,12,14,16). The molecule has 1 aromatic rings. The van der Waals surface area contributed by atoms with Crippen LogP contribution in [0.4, 0.5) is 5.13 Å². The zero-order chi connectivity index (χ0) is 14.7. The molecule has 0 spiro atoms. The molecular weight excluding hydrogens is 316 g/mol. The molecule has 9 heteroatoms. The van der Waals surface area contributed by atoms with Crippen LogP contribution in [-0.2, 0) is 16.0 Å². The summed E-state index contributed by atoms with van der Waals surface area (Å²) in [5.41, 5.74) is 0. The molecule has 108 valence electrons. The summed E-state index contributed by atoms with van der Waals surface area (Å²) in [7, 11) is 0. The maximum atomic E-state index is 11.8. The van der Waals surface area contributed by atoms with Crippen molar-refractivity contribution in [1.82, 2.24) is 15.1 Å². The van der Waals surface area contributed by atoms with Crippen LogP contribution in [0.2, 0.25) is 0 Å². The number of hydrogen-bond donors (Lipinski definition) is 1. The van der Waals surface area contributed by atoms with E-state index in [0.29, 0.717) is 16.0 Å². The third-order valence-corrected chi connectivity index (χ3v) is 5.16. The molecule has 2 rings (SSSR count). The summed E-state index contributed by atoms with van der Waals surface area (Å²) >= 11 is 7.82. The van der Waals surface area contributed by atoms with Crippen LogP contribution in [0.25, 0.3) is 0 Å². The first-order chi connectivity index (χ1) is 9.51. The molecule has 1 atom stereocenters. The fourth-order valence-electron chi connectivity index (χ4n) is 1.62. The monoisotopic (exact) mass is 330 g/mol. The Morgan fingerprint density at radius 2 is 2.25 bits per heavy atom. The van der Waals surface area contributed by atoms with Crippen molar-refractivity contribution in [3.63, 3.8) is 0 Å². The number of anilines is 1. The normalized spacial score (nSPS) is 18.7. The number of carbonyl (C=O) groups excluding carboxylic acids is 2. The van der Waals surface area contributed by atoms with Crippen LogP contribution in [0.5, 0.6) is 0 Å². The Bertz CT molecular complexity index is 546. The molecule has 0 saturated carbocycles. The van der Waals surface area contributed by atoms with E-state index in [2.05, 4.69) is 15.5 Å². The largest absolute Gasteiger partial charge is 0.300 e. The van der Waals surface area contributed by atoms with E-state index < -0.39 is 0 Å². The highest BCUT2D eigenvalue weighted by Gasteiger charge is 2.33. The van der Waals surface area contributed by atoms with Crippen LogP contribution in [-0.4, -0.2) is 43.0 Å². The molecule has 1 aliphatic heterocycles. The summed E-state index contributed by atoms with van der Waals surface area (Å²) in [6.45, 7) is 4.10. The highest BCUT2D eigenvalue weighted by Crippen LogP contribution is 2.26. The van der Waals surface area contributed by atoms with E-state index in [1.807, 2.05) is 13.8 Å². The van der Waals surface area contributed by atoms with E-state index in [9.17, 15) is 9.59 Å². The molecule has 1 unspecified atom stereocenters. The van der Waals surface area contributed by atoms with Crippen LogP contribution in [0.3, 0.4) is 0 Å². The molecule has 2 heterocycles. The maximum absolute atomic E-state index is 11.8. The number of thiocarbonyl (C=S) groups is 1. The summed E-state index contributed by atoms with van der Waals surface area (Å²) in [5, 5.41) is 11.7. The third kappa shape index (κ3) is 3.53. The molecule has 20 heavy (non-hydrogen) atoms. The summed E-state index contributed by atoms with van der Waals surface area (Å²) in [4.78, 5) is 25.1. The summed E-state index contributed by atoms with van der Waals surface area (Å²) in [6, 6.07) is 0. The van der Waals surface area contributed by atoms with E-state index in [0.717, 1.165) is 11.4 Å². The number of hydrogen-bond acceptors (Lipinski definition) is 7. The Morgan fingerprint density at radius 3 is 2.80 bits per heavy atom. The molecule has 2 amide bonds. The molecule has 1 N–H and O–H groups in total. The fourth-order valence-corrected chi connectivity index (χ4v) is 3.77. The number of carbonyl (C=O) groups is 2. The molecule has 1 fully saturated rings. The minimum absolute atomic E-state index is 0.0306. The molecule has 1 aliphatic rings. The predicted octanol–water partition coefficient (Wildman–Crippen LogP) is 1.68. The molecular formula is C11H14N4O2S3. The molecule has 1 aromatic heterocycles. The van der Waals surface area contributed by atoms with E-state index in [-0.39, 0.29) is 23.5 Å². The van der Waals surface area contributed by atoms with Gasteiger partial charge in [-0.05, 0) is 13.3 Å². The summed E-state index contributed by atoms with van der Waals surface area (Å²) in [6.07, 6.45) is 0.986. The van der Waals surface area contributed by atoms with Gasteiger partial charge in [0, 0.05) is 13.0 Å². The van der Waals surface area contributed by atoms with Gasteiger partial charge in [0.25, 0.3) is 0 Å². The Morgan fingerprint density at radius 1 is 1.50 bits per heavy atom. The van der Waals surface area contributed by atoms with E-state index in [1.165, 1.54) is 28.0 Å². The number of thioether (sulfide) groups is 1. The van der Waals surface area contributed by atoms with Gasteiger partial charge in [0.05, 0.1) is 5.25 Å². The average Bonchev–Trinajstić information content (AvgIpc) is 2.94. The summed E-state index contributed by atoms with van der Waals surface area (Å²) in [5.74, 6) is -0.221. The van der Waals surface area contributed by atoms with Crippen molar-refractivity contribution in [2.45, 2.75) is 31.9 Å². The van der Waals surface area contributed by atoms with Gasteiger partial charge >= 0.3 is 0 Å². The molecule has 0 aromatic carbocycles. The van der Waals surface area contributed by atoms with Crippen molar-refractivity contribution in [3.05, 3.63) is 5.01 Å². The van der Waals surface area contributed by atoms with Crippen LogP contribution in [0.1, 0.15) is 25.3 Å². The predicted molar refractivity (Wildman–Crippen MR) is 83.9 cm³/mol. The number of rotatable bonds is 5. The van der Waals surface area contributed by atoms with Gasteiger partial charge in [-0.1, -0.05) is 42.2 Å². The Kier molecular flexibility index (Phi) is 5.06. The van der Waals surface area contributed by atoms with E-state index in [1.54, 1.807) is 0 Å². The first kappa shape index (κ1) is 15.3. The topological polar surface area (TPSA) is 75.2 Å². The second-order valence-electron chi connectivity index (χ2n) is 4.17. The number of nitrogens with one attached hydrogen (secondary N) is 1. The van der Waals surface area contributed by atoms with Gasteiger partial charge in [-0.25, -0.2) is 0 Å². The van der Waals surface area contributed by atoms with Crippen molar-refractivity contribution in [2.75, 3.05) is 11.9 Å². The first-order valence-electron chi connectivity index (χ1n) is 6.15. The molecule has 0 bridgehead atoms. The number of aromatic nitrogens is 2. The smallest absolute Gasteiger partial charge is 0.241 e. The van der Waals surface area contributed by atoms with E-state index >= 15 is 0 Å². The van der Waals surface area contributed by atoms with Crippen molar-refractivity contribution < 1.29 is 9.59 Å². The van der Waals surface area contributed by atoms with Gasteiger partial charge in [0.2, 0.25) is 16.9 Å². The lowest BCUT2D eigenvalue weighted by Gasteiger charge is -2.14. The molecule has 6 nitrogen and oxygen atoms in total. The highest BCUT2D eigenvalue weighted by atomic mass is 32.2. The first-order valence-corrected chi connectivity index (χ1v) is 8.26. The maximum Gasteiger partial charge on any atom is 0.241 e. The number of amides is 2. The Labute approximate surface area is 130 Å². The van der Waals surface area contributed by atoms with Crippen molar-refractivity contribution >= 4 is 56.6 Å². The minimum Gasteiger partial charge on any atom is -0.300 e. The Balaban J connectivity index is 1.83. The summed E-state index contributed by atoms with van der Waals surface area (Å²) < 4.78 is 0.541. The lowest BCUT2D eigenvalue weighted by Crippen LogP contribution is -2.33. The lowest BCUT2D eigenvalue weighted by molar-refractivity contribution is -0.126. The zero-order valence-corrected chi connectivity index (χ0v) is 13.5. The SMILES string of the molecule is CCc1nnc(NC(=O)CCN2C(=O)C(C)SC2=S)s1. The Hall–Kier alpha value is -1.06. The van der Waals surface area contributed by atoms with Gasteiger partial charge in [0.1, 0.15) is 9.33 Å². The van der Waals surface area contributed by atoms with Crippen molar-refractivity contribution in [2.24, 2.45) is 0 Å². The number of aryl methyl sites for hydroxylation is 1. The van der Waals surface area contributed by atoms with Crippen LogP contribution < -0.4 is 5.32 Å². The van der Waals surface area contributed by atoms with Crippen LogP contribution >= 0.6 is 35.3 Å². The molecule has 1 saturated heterocycles. The van der Waals surface area contributed by atoms with Gasteiger partial charge in [-0.2, -0.15) is 0 Å². The van der Waals surface area contributed by atoms with Gasteiger partial charge < -0.3 is 5.32 Å². The number of nitrogens with zero attached hydrogens (tertiary/aromatic N) is 3. The fraction of sp³-hybridized carbons (Fsp3) is 0.545. The quantitative estimate of drug-likeness (QED) is 0.828.